The first-order valence-electron chi connectivity index (χ1n) is 10.9. The van der Waals surface area contributed by atoms with Crippen LogP contribution in [-0.4, -0.2) is 62.3 Å². The molecule has 2 aliphatic heterocycles. The second-order valence-corrected chi connectivity index (χ2v) is 8.20. The molecule has 0 N–H and O–H groups in total. The van der Waals surface area contributed by atoms with Gasteiger partial charge < -0.3 is 4.74 Å². The number of aryl methyl sites for hydroxylation is 2. The van der Waals surface area contributed by atoms with Crippen LogP contribution in [0.15, 0.2) is 47.5 Å². The summed E-state index contributed by atoms with van der Waals surface area (Å²) in [7, 11) is 0. The Kier molecular flexibility index (Phi) is 6.59. The average molecular weight is 420 g/mol. The first kappa shape index (κ1) is 21.4. The van der Waals surface area contributed by atoms with Gasteiger partial charge in [0.15, 0.2) is 0 Å². The minimum absolute atomic E-state index is 0.241. The maximum Gasteiger partial charge on any atom is 0.265 e. The van der Waals surface area contributed by atoms with E-state index < -0.39 is 5.92 Å². The number of rotatable bonds is 6. The Morgan fingerprint density at radius 1 is 1.10 bits per heavy atom. The molecule has 2 amide bonds. The van der Waals surface area contributed by atoms with Gasteiger partial charge in [-0.05, 0) is 49.1 Å². The van der Waals surface area contributed by atoms with Crippen LogP contribution in [0.5, 0.6) is 0 Å². The van der Waals surface area contributed by atoms with Crippen LogP contribution in [0.25, 0.3) is 0 Å². The van der Waals surface area contributed by atoms with Crippen molar-refractivity contribution in [2.75, 3.05) is 44.3 Å². The maximum absolute atomic E-state index is 13.5. The zero-order valence-electron chi connectivity index (χ0n) is 18.2. The van der Waals surface area contributed by atoms with Gasteiger partial charge in [-0.15, -0.1) is 0 Å². The van der Waals surface area contributed by atoms with Crippen LogP contribution in [0.1, 0.15) is 39.4 Å². The lowest BCUT2D eigenvalue weighted by Crippen LogP contribution is -2.45. The molecule has 2 aromatic carbocycles. The third-order valence-corrected chi connectivity index (χ3v) is 5.94. The Balaban J connectivity index is 1.54. The van der Waals surface area contributed by atoms with Crippen molar-refractivity contribution >= 4 is 23.7 Å². The molecule has 0 aliphatic carbocycles. The van der Waals surface area contributed by atoms with Crippen molar-refractivity contribution in [3.8, 4) is 0 Å². The largest absolute Gasteiger partial charge is 0.379 e. The first-order valence-corrected chi connectivity index (χ1v) is 10.9. The molecule has 2 heterocycles. The number of imide groups is 1. The zero-order valence-corrected chi connectivity index (χ0v) is 18.2. The van der Waals surface area contributed by atoms with Gasteiger partial charge in [0.25, 0.3) is 5.91 Å². The van der Waals surface area contributed by atoms with Gasteiger partial charge in [0, 0.05) is 38.0 Å². The molecule has 6 heteroatoms. The highest BCUT2D eigenvalue weighted by Crippen LogP contribution is 2.33. The van der Waals surface area contributed by atoms with Gasteiger partial charge in [0.2, 0.25) is 5.91 Å². The summed E-state index contributed by atoms with van der Waals surface area (Å²) >= 11 is 0. The SMILES string of the molecule is Cc1ccc(C)c(N2C(=O)c3ccccc3[C@@H](C=NCCCN3CCOCC3)C2=O)c1. The summed E-state index contributed by atoms with van der Waals surface area (Å²) in [5.74, 6) is -1.07. The molecule has 0 saturated carbocycles. The second-order valence-electron chi connectivity index (χ2n) is 8.20. The highest BCUT2D eigenvalue weighted by Gasteiger charge is 2.39. The third-order valence-electron chi connectivity index (χ3n) is 5.94. The lowest BCUT2D eigenvalue weighted by molar-refractivity contribution is -0.118. The number of benzene rings is 2. The predicted octanol–water partition coefficient (Wildman–Crippen LogP) is 3.37. The highest BCUT2D eigenvalue weighted by molar-refractivity contribution is 6.29. The fourth-order valence-electron chi connectivity index (χ4n) is 4.18. The molecule has 1 saturated heterocycles. The number of amides is 2. The molecule has 2 aliphatic rings. The van der Waals surface area contributed by atoms with Gasteiger partial charge >= 0.3 is 0 Å². The smallest absolute Gasteiger partial charge is 0.265 e. The van der Waals surface area contributed by atoms with E-state index in [1.54, 1.807) is 12.3 Å². The predicted molar refractivity (Wildman–Crippen MR) is 122 cm³/mol. The summed E-state index contributed by atoms with van der Waals surface area (Å²) in [5.41, 5.74) is 3.85. The number of ether oxygens (including phenoxy) is 1. The van der Waals surface area contributed by atoms with Crippen LogP contribution in [0, 0.1) is 13.8 Å². The fraction of sp³-hybridized carbons (Fsp3) is 0.400. The average Bonchev–Trinajstić information content (AvgIpc) is 2.78. The summed E-state index contributed by atoms with van der Waals surface area (Å²) in [5, 5.41) is 0. The zero-order chi connectivity index (χ0) is 21.8. The van der Waals surface area contributed by atoms with Gasteiger partial charge in [-0.25, -0.2) is 4.90 Å². The van der Waals surface area contributed by atoms with Gasteiger partial charge in [-0.2, -0.15) is 0 Å². The molecule has 0 aromatic heterocycles. The van der Waals surface area contributed by atoms with E-state index in [-0.39, 0.29) is 11.8 Å². The van der Waals surface area contributed by atoms with Gasteiger partial charge in [0.1, 0.15) is 0 Å². The lowest BCUT2D eigenvalue weighted by Gasteiger charge is -2.32. The van der Waals surface area contributed by atoms with Gasteiger partial charge in [-0.3, -0.25) is 19.5 Å². The van der Waals surface area contributed by atoms with Crippen molar-refractivity contribution in [3.05, 3.63) is 64.7 Å². The van der Waals surface area contributed by atoms with Gasteiger partial charge in [0.05, 0.1) is 24.8 Å². The van der Waals surface area contributed by atoms with Crippen molar-refractivity contribution in [3.63, 3.8) is 0 Å². The quantitative estimate of drug-likeness (QED) is 0.409. The number of fused-ring (bicyclic) bond motifs is 1. The molecule has 162 valence electrons. The van der Waals surface area contributed by atoms with E-state index in [9.17, 15) is 9.59 Å². The summed E-state index contributed by atoms with van der Waals surface area (Å²) in [6, 6.07) is 13.2. The van der Waals surface area contributed by atoms with E-state index in [2.05, 4.69) is 9.89 Å². The number of nitrogens with zero attached hydrogens (tertiary/aromatic N) is 3. The van der Waals surface area contributed by atoms with Gasteiger partial charge in [-0.1, -0.05) is 30.3 Å². The van der Waals surface area contributed by atoms with Crippen molar-refractivity contribution in [1.29, 1.82) is 0 Å². The summed E-state index contributed by atoms with van der Waals surface area (Å²) in [6.45, 7) is 9.02. The second kappa shape index (κ2) is 9.54. The lowest BCUT2D eigenvalue weighted by atomic mass is 9.88. The monoisotopic (exact) mass is 419 g/mol. The first-order chi connectivity index (χ1) is 15.1. The molecule has 0 spiro atoms. The number of morpholine rings is 1. The number of hydrogen-bond acceptors (Lipinski definition) is 5. The highest BCUT2D eigenvalue weighted by atomic mass is 16.5. The summed E-state index contributed by atoms with van der Waals surface area (Å²) in [6.07, 6.45) is 2.66. The van der Waals surface area contributed by atoms with Crippen molar-refractivity contribution in [2.24, 2.45) is 4.99 Å². The van der Waals surface area contributed by atoms with Crippen LogP contribution < -0.4 is 4.90 Å². The van der Waals surface area contributed by atoms with E-state index in [0.29, 0.717) is 17.8 Å². The molecule has 0 radical (unpaired) electrons. The molecule has 1 fully saturated rings. The Hall–Kier alpha value is -2.83. The van der Waals surface area contributed by atoms with Crippen LogP contribution in [-0.2, 0) is 9.53 Å². The van der Waals surface area contributed by atoms with E-state index in [0.717, 1.165) is 56.0 Å². The van der Waals surface area contributed by atoms with Crippen LogP contribution in [0.3, 0.4) is 0 Å². The van der Waals surface area contributed by atoms with E-state index in [1.807, 2.05) is 50.2 Å². The molecular weight excluding hydrogens is 390 g/mol. The maximum atomic E-state index is 13.5. The molecule has 31 heavy (non-hydrogen) atoms. The Morgan fingerprint density at radius 2 is 1.87 bits per heavy atom. The molecule has 6 nitrogen and oxygen atoms in total. The van der Waals surface area contributed by atoms with Crippen LogP contribution >= 0.6 is 0 Å². The minimum atomic E-state index is -0.558. The molecule has 2 aromatic rings. The molecule has 0 unspecified atom stereocenters. The summed E-state index contributed by atoms with van der Waals surface area (Å²) < 4.78 is 5.38. The Labute approximate surface area is 183 Å². The Morgan fingerprint density at radius 3 is 2.68 bits per heavy atom. The van der Waals surface area contributed by atoms with Crippen molar-refractivity contribution in [1.82, 2.24) is 4.90 Å². The molecular formula is C25H29N3O3. The molecule has 0 bridgehead atoms. The van der Waals surface area contributed by atoms with Crippen molar-refractivity contribution in [2.45, 2.75) is 26.2 Å². The standard InChI is InChI=1S/C25H29N3O3/c1-18-8-9-19(2)23(16-18)28-24(29)21-7-4-3-6-20(21)22(25(28)30)17-26-10-5-11-27-12-14-31-15-13-27/h3-4,6-9,16-17,22H,5,10-15H2,1-2H3/t22-/m1/s1. The normalized spacial score (nSPS) is 19.8. The summed E-state index contributed by atoms with van der Waals surface area (Å²) in [4.78, 5) is 35.0. The van der Waals surface area contributed by atoms with Crippen LogP contribution in [0.4, 0.5) is 5.69 Å². The van der Waals surface area contributed by atoms with E-state index in [4.69, 9.17) is 4.74 Å². The number of hydrogen-bond donors (Lipinski definition) is 0. The number of carbonyl (C=O) groups is 2. The number of aliphatic imine (C=N–C) groups is 1. The number of carbonyl (C=O) groups excluding carboxylic acids is 2. The fourth-order valence-corrected chi connectivity index (χ4v) is 4.18. The van der Waals surface area contributed by atoms with E-state index in [1.165, 1.54) is 4.90 Å². The molecule has 1 atom stereocenters. The van der Waals surface area contributed by atoms with Crippen molar-refractivity contribution < 1.29 is 14.3 Å². The minimum Gasteiger partial charge on any atom is -0.379 e. The third kappa shape index (κ3) is 4.60. The van der Waals surface area contributed by atoms with Crippen LogP contribution in [0.2, 0.25) is 0 Å². The molecule has 4 rings (SSSR count). The number of anilines is 1. The topological polar surface area (TPSA) is 62.2 Å². The Bertz CT molecular complexity index is 995. The van der Waals surface area contributed by atoms with E-state index >= 15 is 0 Å².